The molecule has 0 spiro atoms. The van der Waals surface area contributed by atoms with Gasteiger partial charge in [-0.05, 0) is 54.8 Å². The van der Waals surface area contributed by atoms with Crippen LogP contribution in [0.3, 0.4) is 0 Å². The molecule has 1 aliphatic heterocycles. The molecule has 3 N–H and O–H groups in total. The van der Waals surface area contributed by atoms with Crippen molar-refractivity contribution in [3.63, 3.8) is 0 Å². The monoisotopic (exact) mass is 629 g/mol. The lowest BCUT2D eigenvalue weighted by molar-refractivity contribution is -0.127. The van der Waals surface area contributed by atoms with Gasteiger partial charge in [0.25, 0.3) is 0 Å². The minimum absolute atomic E-state index is 0.0778. The van der Waals surface area contributed by atoms with Gasteiger partial charge < -0.3 is 20.6 Å². The molecule has 0 bridgehead atoms. The fourth-order valence-corrected chi connectivity index (χ4v) is 5.93. The Hall–Kier alpha value is -4.18. The SMILES string of the molecule is CC1(C(N)=O)CCN(c2nc(N(CCO)Cc3ccccc3)nc3c2nc(-c2ccccc2Cl)n3-c2ccc(Cl)cc2)CC1. The number of primary amides is 1. The van der Waals surface area contributed by atoms with Gasteiger partial charge in [0.2, 0.25) is 11.9 Å². The van der Waals surface area contributed by atoms with Crippen LogP contribution < -0.4 is 15.5 Å². The van der Waals surface area contributed by atoms with Crippen molar-refractivity contribution in [2.24, 2.45) is 11.1 Å². The number of amides is 1. The summed E-state index contributed by atoms with van der Waals surface area (Å²) in [6, 6.07) is 25.0. The molecule has 11 heteroatoms. The topological polar surface area (TPSA) is 113 Å². The lowest BCUT2D eigenvalue weighted by Gasteiger charge is -2.38. The van der Waals surface area contributed by atoms with Crippen molar-refractivity contribution in [1.82, 2.24) is 19.5 Å². The van der Waals surface area contributed by atoms with Crippen molar-refractivity contribution in [2.75, 3.05) is 36.0 Å². The number of aliphatic hydroxyl groups is 1. The summed E-state index contributed by atoms with van der Waals surface area (Å²) in [7, 11) is 0. The van der Waals surface area contributed by atoms with Gasteiger partial charge in [-0.1, -0.05) is 72.6 Å². The zero-order chi connectivity index (χ0) is 30.8. The van der Waals surface area contributed by atoms with Crippen LogP contribution in [0.5, 0.6) is 0 Å². The van der Waals surface area contributed by atoms with Gasteiger partial charge in [0.1, 0.15) is 5.82 Å². The molecule has 2 aromatic heterocycles. The van der Waals surface area contributed by atoms with E-state index in [1.54, 1.807) is 0 Å². The van der Waals surface area contributed by atoms with Crippen LogP contribution in [0.15, 0.2) is 78.9 Å². The number of halogens is 2. The number of aliphatic hydroxyl groups excluding tert-OH is 1. The average Bonchev–Trinajstić information content (AvgIpc) is 3.41. The molecule has 9 nitrogen and oxygen atoms in total. The number of rotatable bonds is 9. The Morgan fingerprint density at radius 3 is 2.30 bits per heavy atom. The first kappa shape index (κ1) is 29.9. The number of hydrogen-bond donors (Lipinski definition) is 2. The van der Waals surface area contributed by atoms with Crippen molar-refractivity contribution in [1.29, 1.82) is 0 Å². The van der Waals surface area contributed by atoms with Gasteiger partial charge in [-0.15, -0.1) is 0 Å². The molecule has 0 radical (unpaired) electrons. The zero-order valence-electron chi connectivity index (χ0n) is 24.3. The van der Waals surface area contributed by atoms with E-state index in [1.807, 2.05) is 95.3 Å². The molecule has 1 aliphatic rings. The molecular weight excluding hydrogens is 597 g/mol. The Morgan fingerprint density at radius 1 is 0.955 bits per heavy atom. The van der Waals surface area contributed by atoms with Gasteiger partial charge in [0, 0.05) is 47.9 Å². The van der Waals surface area contributed by atoms with E-state index < -0.39 is 5.41 Å². The van der Waals surface area contributed by atoms with Gasteiger partial charge in [-0.2, -0.15) is 9.97 Å². The van der Waals surface area contributed by atoms with Crippen molar-refractivity contribution < 1.29 is 9.90 Å². The second-order valence-electron chi connectivity index (χ2n) is 11.3. The zero-order valence-corrected chi connectivity index (χ0v) is 25.8. The maximum atomic E-state index is 12.2. The van der Waals surface area contributed by atoms with Crippen molar-refractivity contribution in [3.05, 3.63) is 94.5 Å². The number of nitrogens with two attached hydrogens (primary N) is 1. The molecule has 5 aromatic rings. The van der Waals surface area contributed by atoms with E-state index in [9.17, 15) is 9.90 Å². The number of benzene rings is 3. The van der Waals surface area contributed by atoms with Gasteiger partial charge in [0.05, 0.1) is 11.6 Å². The van der Waals surface area contributed by atoms with Crippen LogP contribution in [-0.4, -0.2) is 56.8 Å². The molecular formula is C33H33Cl2N7O2. The summed E-state index contributed by atoms with van der Waals surface area (Å²) >= 11 is 13.0. The largest absolute Gasteiger partial charge is 0.395 e. The Bertz CT molecular complexity index is 1790. The maximum absolute atomic E-state index is 12.2. The maximum Gasteiger partial charge on any atom is 0.229 e. The highest BCUT2D eigenvalue weighted by Crippen LogP contribution is 2.39. The normalized spacial score (nSPS) is 14.6. The lowest BCUT2D eigenvalue weighted by Crippen LogP contribution is -2.45. The number of hydrogen-bond acceptors (Lipinski definition) is 7. The first-order valence-electron chi connectivity index (χ1n) is 14.5. The Kier molecular flexibility index (Phi) is 8.44. The quantitative estimate of drug-likeness (QED) is 0.209. The number of carbonyl (C=O) groups excluding carboxylic acids is 1. The minimum Gasteiger partial charge on any atom is -0.395 e. The van der Waals surface area contributed by atoms with E-state index in [-0.39, 0.29) is 12.5 Å². The molecule has 0 saturated carbocycles. The molecule has 0 aliphatic carbocycles. The lowest BCUT2D eigenvalue weighted by atomic mass is 9.80. The fourth-order valence-electron chi connectivity index (χ4n) is 5.59. The summed E-state index contributed by atoms with van der Waals surface area (Å²) in [6.45, 7) is 3.80. The number of fused-ring (bicyclic) bond motifs is 1. The molecule has 0 unspecified atom stereocenters. The molecule has 1 fully saturated rings. The van der Waals surface area contributed by atoms with E-state index >= 15 is 0 Å². The fraction of sp³-hybridized carbons (Fsp3) is 0.273. The minimum atomic E-state index is -0.590. The third kappa shape index (κ3) is 5.83. The first-order valence-corrected chi connectivity index (χ1v) is 15.3. The molecule has 6 rings (SSSR count). The predicted octanol–water partition coefficient (Wildman–Crippen LogP) is 5.88. The van der Waals surface area contributed by atoms with Crippen molar-refractivity contribution in [2.45, 2.75) is 26.3 Å². The van der Waals surface area contributed by atoms with E-state index in [4.69, 9.17) is 43.9 Å². The van der Waals surface area contributed by atoms with Crippen LogP contribution in [0.25, 0.3) is 28.2 Å². The Morgan fingerprint density at radius 2 is 1.64 bits per heavy atom. The number of aromatic nitrogens is 4. The smallest absolute Gasteiger partial charge is 0.229 e. The van der Waals surface area contributed by atoms with Crippen LogP contribution in [0.2, 0.25) is 10.0 Å². The average molecular weight is 631 g/mol. The number of carbonyl (C=O) groups is 1. The highest BCUT2D eigenvalue weighted by Gasteiger charge is 2.37. The van der Waals surface area contributed by atoms with Crippen LogP contribution in [-0.2, 0) is 11.3 Å². The molecule has 0 atom stereocenters. The summed E-state index contributed by atoms with van der Waals surface area (Å²) in [6.07, 6.45) is 1.17. The molecule has 1 saturated heterocycles. The van der Waals surface area contributed by atoms with E-state index in [0.29, 0.717) is 77.8 Å². The highest BCUT2D eigenvalue weighted by molar-refractivity contribution is 6.33. The van der Waals surface area contributed by atoms with Crippen LogP contribution in [0.1, 0.15) is 25.3 Å². The Balaban J connectivity index is 1.59. The van der Waals surface area contributed by atoms with Crippen LogP contribution >= 0.6 is 23.2 Å². The highest BCUT2D eigenvalue weighted by atomic mass is 35.5. The summed E-state index contributed by atoms with van der Waals surface area (Å²) < 4.78 is 1.97. The number of nitrogens with zero attached hydrogens (tertiary/aromatic N) is 6. The summed E-state index contributed by atoms with van der Waals surface area (Å²) in [5.41, 5.74) is 8.97. The molecule has 3 aromatic carbocycles. The Labute approximate surface area is 265 Å². The third-order valence-electron chi connectivity index (χ3n) is 8.31. The summed E-state index contributed by atoms with van der Waals surface area (Å²) in [4.78, 5) is 31.7. The van der Waals surface area contributed by atoms with Gasteiger partial charge in [-0.3, -0.25) is 9.36 Å². The van der Waals surface area contributed by atoms with Crippen LogP contribution in [0.4, 0.5) is 11.8 Å². The summed E-state index contributed by atoms with van der Waals surface area (Å²) in [5, 5.41) is 11.2. The van der Waals surface area contributed by atoms with E-state index in [1.165, 1.54) is 0 Å². The van der Waals surface area contributed by atoms with E-state index in [2.05, 4.69) is 4.90 Å². The van der Waals surface area contributed by atoms with Gasteiger partial charge >= 0.3 is 0 Å². The standard InChI is InChI=1S/C33H33Cl2N7O2/c1-33(31(36)44)15-17-40(18-16-33)29-27-30(39-32(38-29)41(19-20-43)21-22-7-3-2-4-8-22)42(24-13-11-23(34)12-14-24)28(37-27)25-9-5-6-10-26(25)35/h2-14,43H,15-21H2,1H3,(H2,36,44). The molecule has 226 valence electrons. The first-order chi connectivity index (χ1) is 21.3. The van der Waals surface area contributed by atoms with E-state index in [0.717, 1.165) is 16.8 Å². The number of anilines is 2. The predicted molar refractivity (Wildman–Crippen MR) is 175 cm³/mol. The molecule has 44 heavy (non-hydrogen) atoms. The van der Waals surface area contributed by atoms with Gasteiger partial charge in [-0.25, -0.2) is 4.98 Å². The van der Waals surface area contributed by atoms with Crippen molar-refractivity contribution >= 4 is 52.0 Å². The number of imidazole rings is 1. The van der Waals surface area contributed by atoms with Crippen molar-refractivity contribution in [3.8, 4) is 17.1 Å². The molecule has 1 amide bonds. The summed E-state index contributed by atoms with van der Waals surface area (Å²) in [5.74, 6) is 1.41. The number of piperidine rings is 1. The van der Waals surface area contributed by atoms with Crippen LogP contribution in [0, 0.1) is 5.41 Å². The second kappa shape index (κ2) is 12.4. The molecule has 3 heterocycles. The third-order valence-corrected chi connectivity index (χ3v) is 8.89. The van der Waals surface area contributed by atoms with Gasteiger partial charge in [0.15, 0.2) is 17.0 Å². The second-order valence-corrected chi connectivity index (χ2v) is 12.1.